The number of hydrogen-bond donors (Lipinski definition) is 0. The van der Waals surface area contributed by atoms with Gasteiger partial charge in [-0.15, -0.1) is 11.8 Å². The number of benzene rings is 1. The number of hydrogen-bond acceptors (Lipinski definition) is 4. The van der Waals surface area contributed by atoms with Crippen LogP contribution in [0.5, 0.6) is 0 Å². The molecule has 3 rings (SSSR count). The molecule has 0 aromatic heterocycles. The zero-order valence-corrected chi connectivity index (χ0v) is 13.6. The molecule has 0 radical (unpaired) electrons. The van der Waals surface area contributed by atoms with Gasteiger partial charge in [0.25, 0.3) is 0 Å². The molecule has 2 nitrogen and oxygen atoms in total. The van der Waals surface area contributed by atoms with Crippen molar-refractivity contribution < 1.29 is 8.37 Å². The van der Waals surface area contributed by atoms with E-state index in [-0.39, 0.29) is 10.9 Å². The minimum atomic E-state index is 0.218. The molecule has 2 fully saturated rings. The van der Waals surface area contributed by atoms with E-state index in [1.165, 1.54) is 49.3 Å². The normalized spacial score (nSPS) is 30.1. The first-order valence-corrected chi connectivity index (χ1v) is 8.97. The second kappa shape index (κ2) is 6.73. The van der Waals surface area contributed by atoms with E-state index in [0.717, 1.165) is 6.61 Å². The molecule has 1 aliphatic carbocycles. The Kier molecular flexibility index (Phi) is 4.97. The van der Waals surface area contributed by atoms with Crippen molar-refractivity contribution in [1.29, 1.82) is 0 Å². The van der Waals surface area contributed by atoms with Crippen molar-refractivity contribution in [3.05, 3.63) is 30.3 Å². The SMILES string of the molecule is C[C@H]1COSO[C@@H]1C1(Sc2ccccc2)CCCCC1. The molecular weight excluding hydrogens is 288 g/mol. The summed E-state index contributed by atoms with van der Waals surface area (Å²) in [5.74, 6) is 0.463. The molecule has 0 spiro atoms. The molecule has 110 valence electrons. The maximum absolute atomic E-state index is 5.98. The summed E-state index contributed by atoms with van der Waals surface area (Å²) in [6.45, 7) is 3.05. The van der Waals surface area contributed by atoms with Gasteiger partial charge in [-0.3, -0.25) is 8.37 Å². The van der Waals surface area contributed by atoms with Crippen LogP contribution >= 0.6 is 24.1 Å². The van der Waals surface area contributed by atoms with E-state index in [4.69, 9.17) is 8.37 Å². The van der Waals surface area contributed by atoms with Crippen LogP contribution in [0.15, 0.2) is 35.2 Å². The maximum Gasteiger partial charge on any atom is 0.158 e. The summed E-state index contributed by atoms with van der Waals surface area (Å²) in [6, 6.07) is 10.8. The maximum atomic E-state index is 5.98. The van der Waals surface area contributed by atoms with E-state index in [9.17, 15) is 0 Å². The largest absolute Gasteiger partial charge is 0.291 e. The van der Waals surface area contributed by atoms with Gasteiger partial charge in [-0.25, -0.2) is 0 Å². The highest BCUT2D eigenvalue weighted by atomic mass is 32.2. The molecule has 0 amide bonds. The van der Waals surface area contributed by atoms with Crippen LogP contribution in [0.4, 0.5) is 0 Å². The minimum Gasteiger partial charge on any atom is -0.291 e. The molecule has 4 heteroatoms. The molecular formula is C16H22O2S2. The smallest absolute Gasteiger partial charge is 0.158 e. The lowest BCUT2D eigenvalue weighted by atomic mass is 9.80. The van der Waals surface area contributed by atoms with Crippen molar-refractivity contribution in [2.24, 2.45) is 5.92 Å². The van der Waals surface area contributed by atoms with Crippen LogP contribution in [-0.4, -0.2) is 17.5 Å². The molecule has 1 saturated heterocycles. The van der Waals surface area contributed by atoms with E-state index in [1.54, 1.807) is 0 Å². The highest BCUT2D eigenvalue weighted by Gasteiger charge is 2.46. The molecule has 1 aliphatic heterocycles. The number of thioether (sulfide) groups is 1. The first kappa shape index (κ1) is 14.8. The Balaban J connectivity index is 1.83. The van der Waals surface area contributed by atoms with Gasteiger partial charge in [-0.1, -0.05) is 44.4 Å². The highest BCUT2D eigenvalue weighted by Crippen LogP contribution is 2.50. The quantitative estimate of drug-likeness (QED) is 0.723. The Morgan fingerprint density at radius 2 is 1.90 bits per heavy atom. The summed E-state index contributed by atoms with van der Waals surface area (Å²) in [6.07, 6.45) is 6.79. The van der Waals surface area contributed by atoms with Gasteiger partial charge in [-0.05, 0) is 25.0 Å². The van der Waals surface area contributed by atoms with Crippen LogP contribution in [0.3, 0.4) is 0 Å². The third-order valence-corrected chi connectivity index (χ3v) is 6.39. The van der Waals surface area contributed by atoms with Gasteiger partial charge in [0.05, 0.1) is 12.7 Å². The predicted molar refractivity (Wildman–Crippen MR) is 85.7 cm³/mol. The fourth-order valence-corrected chi connectivity index (χ4v) is 5.81. The molecule has 2 aliphatic rings. The molecule has 0 N–H and O–H groups in total. The predicted octanol–water partition coefficient (Wildman–Crippen LogP) is 5.10. The Labute approximate surface area is 130 Å². The molecule has 1 aromatic rings. The molecule has 0 bridgehead atoms. The van der Waals surface area contributed by atoms with Gasteiger partial charge in [0.2, 0.25) is 0 Å². The fourth-order valence-electron chi connectivity index (χ4n) is 3.31. The summed E-state index contributed by atoms with van der Waals surface area (Å²) in [5.41, 5.74) is 0. The van der Waals surface area contributed by atoms with Gasteiger partial charge < -0.3 is 0 Å². The first-order chi connectivity index (χ1) is 9.80. The number of rotatable bonds is 3. The van der Waals surface area contributed by atoms with Crippen molar-refractivity contribution in [2.75, 3.05) is 6.61 Å². The zero-order chi connectivity index (χ0) is 13.8. The topological polar surface area (TPSA) is 18.5 Å². The van der Waals surface area contributed by atoms with Crippen LogP contribution in [0, 0.1) is 5.92 Å². The van der Waals surface area contributed by atoms with Crippen LogP contribution < -0.4 is 0 Å². The van der Waals surface area contributed by atoms with Crippen LogP contribution in [0.2, 0.25) is 0 Å². The summed E-state index contributed by atoms with van der Waals surface area (Å²) in [5, 5.41) is 0. The van der Waals surface area contributed by atoms with E-state index in [0.29, 0.717) is 5.92 Å². The molecule has 1 aromatic carbocycles. The lowest BCUT2D eigenvalue weighted by Crippen LogP contribution is -2.48. The van der Waals surface area contributed by atoms with E-state index in [1.807, 2.05) is 11.8 Å². The average Bonchev–Trinajstić information content (AvgIpc) is 2.49. The average molecular weight is 310 g/mol. The Hall–Kier alpha value is -0.160. The lowest BCUT2D eigenvalue weighted by molar-refractivity contribution is 0.0379. The van der Waals surface area contributed by atoms with Gasteiger partial charge in [0.1, 0.15) is 0 Å². The summed E-state index contributed by atoms with van der Waals surface area (Å²) in [7, 11) is 0. The zero-order valence-electron chi connectivity index (χ0n) is 11.9. The van der Waals surface area contributed by atoms with Gasteiger partial charge >= 0.3 is 0 Å². The lowest BCUT2D eigenvalue weighted by Gasteiger charge is -2.45. The monoisotopic (exact) mass is 310 g/mol. The standard InChI is InChI=1S/C16H22O2S2/c1-13-12-17-20-18-15(13)16(10-6-3-7-11-16)19-14-8-4-2-5-9-14/h2,4-5,8-9,13,15H,3,6-7,10-12H2,1H3/t13-,15-/m0/s1. The highest BCUT2D eigenvalue weighted by molar-refractivity contribution is 8.00. The van der Waals surface area contributed by atoms with Crippen LogP contribution in [-0.2, 0) is 8.37 Å². The Morgan fingerprint density at radius 3 is 2.60 bits per heavy atom. The molecule has 1 saturated carbocycles. The Morgan fingerprint density at radius 1 is 1.15 bits per heavy atom. The van der Waals surface area contributed by atoms with Crippen molar-refractivity contribution in [3.8, 4) is 0 Å². The molecule has 1 heterocycles. The van der Waals surface area contributed by atoms with Crippen LogP contribution in [0.25, 0.3) is 0 Å². The second-order valence-corrected chi connectivity index (χ2v) is 7.94. The minimum absolute atomic E-state index is 0.218. The van der Waals surface area contributed by atoms with E-state index < -0.39 is 0 Å². The third kappa shape index (κ3) is 3.19. The molecule has 20 heavy (non-hydrogen) atoms. The van der Waals surface area contributed by atoms with Crippen LogP contribution in [0.1, 0.15) is 39.0 Å². The first-order valence-electron chi connectivity index (χ1n) is 7.49. The van der Waals surface area contributed by atoms with Gasteiger partial charge in [0.15, 0.2) is 12.3 Å². The summed E-state index contributed by atoms with van der Waals surface area (Å²) < 4.78 is 11.6. The molecule has 0 unspecified atom stereocenters. The molecule has 2 atom stereocenters. The van der Waals surface area contributed by atoms with Crippen molar-refractivity contribution in [2.45, 2.75) is 54.8 Å². The van der Waals surface area contributed by atoms with Crippen molar-refractivity contribution in [1.82, 2.24) is 0 Å². The summed E-state index contributed by atoms with van der Waals surface area (Å²) >= 11 is 3.22. The second-order valence-electron chi connectivity index (χ2n) is 5.89. The van der Waals surface area contributed by atoms with E-state index >= 15 is 0 Å². The van der Waals surface area contributed by atoms with E-state index in [2.05, 4.69) is 37.3 Å². The van der Waals surface area contributed by atoms with Gasteiger partial charge in [-0.2, -0.15) is 0 Å². The van der Waals surface area contributed by atoms with Crippen molar-refractivity contribution >= 4 is 24.1 Å². The summed E-state index contributed by atoms with van der Waals surface area (Å²) in [4.78, 5) is 1.36. The fraction of sp³-hybridized carbons (Fsp3) is 0.625. The third-order valence-electron chi connectivity index (χ3n) is 4.32. The Bertz CT molecular complexity index is 418. The van der Waals surface area contributed by atoms with Gasteiger partial charge in [0, 0.05) is 15.6 Å². The van der Waals surface area contributed by atoms with Crippen molar-refractivity contribution in [3.63, 3.8) is 0 Å².